The van der Waals surface area contributed by atoms with Crippen molar-refractivity contribution in [3.05, 3.63) is 64.1 Å². The van der Waals surface area contributed by atoms with Gasteiger partial charge in [0.05, 0.1) is 6.10 Å². The zero-order chi connectivity index (χ0) is 13.0. The summed E-state index contributed by atoms with van der Waals surface area (Å²) in [6, 6.07) is 8.41. The first-order valence-electron chi connectivity index (χ1n) is 5.65. The first-order chi connectivity index (χ1) is 8.63. The van der Waals surface area contributed by atoms with Crippen molar-refractivity contribution >= 4 is 15.9 Å². The molecule has 2 nitrogen and oxygen atoms in total. The fourth-order valence-electron chi connectivity index (χ4n) is 1.86. The summed E-state index contributed by atoms with van der Waals surface area (Å²) in [6.07, 6.45) is 3.82. The number of aliphatic hydroxyl groups excluding tert-OH is 1. The summed E-state index contributed by atoms with van der Waals surface area (Å²) in [5.74, 6) is -0.298. The molecule has 2 aromatic rings. The van der Waals surface area contributed by atoms with Crippen molar-refractivity contribution in [3.8, 4) is 0 Å². The Balaban J connectivity index is 2.01. The summed E-state index contributed by atoms with van der Waals surface area (Å²) in [5, 5.41) is 9.97. The maximum Gasteiger partial charge on any atom is 0.124 e. The molecule has 0 radical (unpaired) electrons. The third-order valence-corrected chi connectivity index (χ3v) is 3.05. The Hall–Kier alpha value is -1.26. The Morgan fingerprint density at radius 3 is 2.67 bits per heavy atom. The van der Waals surface area contributed by atoms with E-state index >= 15 is 0 Å². The maximum atomic E-state index is 13.2. The standard InChI is InChI=1S/C14H13BrFNO/c15-12-4-11(5-13(16)8-12)7-14(18)6-10-2-1-3-17-9-10/h1-5,8-9,14,18H,6-7H2. The molecule has 0 aliphatic carbocycles. The normalized spacial score (nSPS) is 12.4. The average Bonchev–Trinajstić information content (AvgIpc) is 2.28. The molecule has 1 aromatic heterocycles. The Morgan fingerprint density at radius 2 is 2.00 bits per heavy atom. The van der Waals surface area contributed by atoms with E-state index < -0.39 is 6.10 Å². The van der Waals surface area contributed by atoms with Crippen LogP contribution in [-0.2, 0) is 12.8 Å². The average molecular weight is 310 g/mol. The second kappa shape index (κ2) is 6.07. The molecule has 0 spiro atoms. The lowest BCUT2D eigenvalue weighted by molar-refractivity contribution is 0.175. The van der Waals surface area contributed by atoms with Gasteiger partial charge in [0.25, 0.3) is 0 Å². The predicted octanol–water partition coefficient (Wildman–Crippen LogP) is 3.13. The van der Waals surface area contributed by atoms with Crippen molar-refractivity contribution in [2.24, 2.45) is 0 Å². The van der Waals surface area contributed by atoms with E-state index in [1.54, 1.807) is 12.4 Å². The fraction of sp³-hybridized carbons (Fsp3) is 0.214. The van der Waals surface area contributed by atoms with E-state index in [2.05, 4.69) is 20.9 Å². The largest absolute Gasteiger partial charge is 0.392 e. The molecular formula is C14H13BrFNO. The monoisotopic (exact) mass is 309 g/mol. The number of rotatable bonds is 4. The quantitative estimate of drug-likeness (QED) is 0.941. The molecule has 0 aliphatic rings. The van der Waals surface area contributed by atoms with Crippen LogP contribution >= 0.6 is 15.9 Å². The Kier molecular flexibility index (Phi) is 4.44. The minimum Gasteiger partial charge on any atom is -0.392 e. The van der Waals surface area contributed by atoms with Crippen molar-refractivity contribution in [2.75, 3.05) is 0 Å². The van der Waals surface area contributed by atoms with Gasteiger partial charge in [-0.25, -0.2) is 4.39 Å². The van der Waals surface area contributed by atoms with Crippen molar-refractivity contribution in [3.63, 3.8) is 0 Å². The van der Waals surface area contributed by atoms with Crippen LogP contribution < -0.4 is 0 Å². The number of benzene rings is 1. The van der Waals surface area contributed by atoms with E-state index in [1.165, 1.54) is 12.1 Å². The number of pyridine rings is 1. The predicted molar refractivity (Wildman–Crippen MR) is 71.8 cm³/mol. The van der Waals surface area contributed by atoms with Crippen molar-refractivity contribution < 1.29 is 9.50 Å². The molecule has 18 heavy (non-hydrogen) atoms. The number of nitrogens with zero attached hydrogens (tertiary/aromatic N) is 1. The minimum atomic E-state index is -0.539. The molecule has 0 amide bonds. The van der Waals surface area contributed by atoms with Gasteiger partial charge in [-0.15, -0.1) is 0 Å². The molecule has 2 rings (SSSR count). The minimum absolute atomic E-state index is 0.298. The van der Waals surface area contributed by atoms with Crippen LogP contribution in [0.1, 0.15) is 11.1 Å². The van der Waals surface area contributed by atoms with E-state index in [9.17, 15) is 9.50 Å². The van der Waals surface area contributed by atoms with Gasteiger partial charge >= 0.3 is 0 Å². The van der Waals surface area contributed by atoms with E-state index in [1.807, 2.05) is 18.2 Å². The molecule has 4 heteroatoms. The molecule has 0 saturated carbocycles. The summed E-state index contributed by atoms with van der Waals surface area (Å²) >= 11 is 3.24. The van der Waals surface area contributed by atoms with E-state index in [0.29, 0.717) is 17.3 Å². The maximum absolute atomic E-state index is 13.2. The zero-order valence-electron chi connectivity index (χ0n) is 9.68. The Morgan fingerprint density at radius 1 is 1.22 bits per heavy atom. The highest BCUT2D eigenvalue weighted by molar-refractivity contribution is 9.10. The summed E-state index contributed by atoms with van der Waals surface area (Å²) in [5.41, 5.74) is 1.75. The molecule has 0 bridgehead atoms. The molecule has 1 heterocycles. The number of hydrogen-bond donors (Lipinski definition) is 1. The van der Waals surface area contributed by atoms with Gasteiger partial charge in [-0.1, -0.05) is 22.0 Å². The Bertz CT molecular complexity index is 498. The van der Waals surface area contributed by atoms with Crippen molar-refractivity contribution in [1.82, 2.24) is 4.98 Å². The lowest BCUT2D eigenvalue weighted by atomic mass is 10.0. The van der Waals surface area contributed by atoms with Crippen LogP contribution in [0, 0.1) is 5.82 Å². The smallest absolute Gasteiger partial charge is 0.124 e. The SMILES string of the molecule is OC(Cc1cccnc1)Cc1cc(F)cc(Br)c1. The van der Waals surface area contributed by atoms with Crippen LogP contribution in [0.2, 0.25) is 0 Å². The van der Waals surface area contributed by atoms with Gasteiger partial charge in [-0.3, -0.25) is 4.98 Å². The summed E-state index contributed by atoms with van der Waals surface area (Å²) in [4.78, 5) is 3.99. The van der Waals surface area contributed by atoms with E-state index in [4.69, 9.17) is 0 Å². The third-order valence-electron chi connectivity index (χ3n) is 2.59. The van der Waals surface area contributed by atoms with Crippen LogP contribution in [0.15, 0.2) is 47.2 Å². The highest BCUT2D eigenvalue weighted by Gasteiger charge is 2.08. The van der Waals surface area contributed by atoms with Gasteiger partial charge in [0, 0.05) is 23.3 Å². The van der Waals surface area contributed by atoms with Gasteiger partial charge in [0.2, 0.25) is 0 Å². The second-order valence-corrected chi connectivity index (χ2v) is 5.12. The highest BCUT2D eigenvalue weighted by atomic mass is 79.9. The van der Waals surface area contributed by atoms with Crippen molar-refractivity contribution in [2.45, 2.75) is 18.9 Å². The first-order valence-corrected chi connectivity index (χ1v) is 6.45. The molecule has 1 atom stereocenters. The van der Waals surface area contributed by atoms with Crippen molar-refractivity contribution in [1.29, 1.82) is 0 Å². The summed E-state index contributed by atoms with van der Waals surface area (Å²) in [7, 11) is 0. The Labute approximate surface area is 114 Å². The molecular weight excluding hydrogens is 297 g/mol. The number of aromatic nitrogens is 1. The molecule has 94 valence electrons. The summed E-state index contributed by atoms with van der Waals surface area (Å²) < 4.78 is 13.9. The van der Waals surface area contributed by atoms with Gasteiger partial charge in [0.1, 0.15) is 5.82 Å². The van der Waals surface area contributed by atoms with Crippen LogP contribution in [0.3, 0.4) is 0 Å². The van der Waals surface area contributed by atoms with Crippen LogP contribution in [-0.4, -0.2) is 16.2 Å². The van der Waals surface area contributed by atoms with E-state index in [-0.39, 0.29) is 5.82 Å². The summed E-state index contributed by atoms with van der Waals surface area (Å²) in [6.45, 7) is 0. The first kappa shape index (κ1) is 13.2. The second-order valence-electron chi connectivity index (χ2n) is 4.20. The fourth-order valence-corrected chi connectivity index (χ4v) is 2.38. The molecule has 1 aromatic carbocycles. The van der Waals surface area contributed by atoms with Gasteiger partial charge in [0.15, 0.2) is 0 Å². The highest BCUT2D eigenvalue weighted by Crippen LogP contribution is 2.17. The lowest BCUT2D eigenvalue weighted by Gasteiger charge is -2.11. The number of halogens is 2. The molecule has 0 fully saturated rings. The van der Waals surface area contributed by atoms with Gasteiger partial charge < -0.3 is 5.11 Å². The van der Waals surface area contributed by atoms with Crippen LogP contribution in [0.4, 0.5) is 4.39 Å². The number of aliphatic hydroxyl groups is 1. The molecule has 1 N–H and O–H groups in total. The zero-order valence-corrected chi connectivity index (χ0v) is 11.3. The third kappa shape index (κ3) is 3.89. The molecule has 0 aliphatic heterocycles. The van der Waals surface area contributed by atoms with E-state index in [0.717, 1.165) is 11.1 Å². The van der Waals surface area contributed by atoms with Gasteiger partial charge in [-0.05, 0) is 41.8 Å². The van der Waals surface area contributed by atoms with Gasteiger partial charge in [-0.2, -0.15) is 0 Å². The molecule has 1 unspecified atom stereocenters. The topological polar surface area (TPSA) is 33.1 Å². The van der Waals surface area contributed by atoms with Crippen LogP contribution in [0.5, 0.6) is 0 Å². The molecule has 0 saturated heterocycles. The number of hydrogen-bond acceptors (Lipinski definition) is 2. The van der Waals surface area contributed by atoms with Crippen LogP contribution in [0.25, 0.3) is 0 Å². The lowest BCUT2D eigenvalue weighted by Crippen LogP contribution is -2.14.